The van der Waals surface area contributed by atoms with Crippen LogP contribution in [0.3, 0.4) is 0 Å². The van der Waals surface area contributed by atoms with Crippen molar-refractivity contribution in [3.8, 4) is 0 Å². The van der Waals surface area contributed by atoms with Crippen molar-refractivity contribution in [3.63, 3.8) is 0 Å². The second-order valence-corrected chi connectivity index (χ2v) is 5.79. The molecule has 18 heavy (non-hydrogen) atoms. The maximum Gasteiger partial charge on any atom is 0.0727 e. The predicted octanol–water partition coefficient (Wildman–Crippen LogP) is 3.89. The Morgan fingerprint density at radius 1 is 1.22 bits per heavy atom. The molecule has 0 unspecified atom stereocenters. The van der Waals surface area contributed by atoms with Crippen LogP contribution in [0.25, 0.3) is 0 Å². The molecule has 0 bridgehead atoms. The SMILES string of the molecule is Brc1ccccc1COCCCNC1CCCC1. The molecule has 3 heteroatoms. The van der Waals surface area contributed by atoms with E-state index in [2.05, 4.69) is 33.4 Å². The molecule has 2 nitrogen and oxygen atoms in total. The van der Waals surface area contributed by atoms with Crippen molar-refractivity contribution < 1.29 is 4.74 Å². The zero-order valence-electron chi connectivity index (χ0n) is 10.8. The highest BCUT2D eigenvalue weighted by Crippen LogP contribution is 2.18. The van der Waals surface area contributed by atoms with Gasteiger partial charge in [-0.25, -0.2) is 0 Å². The van der Waals surface area contributed by atoms with Gasteiger partial charge in [-0.15, -0.1) is 0 Å². The Kier molecular flexibility index (Phi) is 6.18. The van der Waals surface area contributed by atoms with Crippen LogP contribution in [-0.2, 0) is 11.3 Å². The van der Waals surface area contributed by atoms with Crippen LogP contribution in [0.2, 0.25) is 0 Å². The molecule has 0 radical (unpaired) electrons. The fourth-order valence-corrected chi connectivity index (χ4v) is 2.81. The Morgan fingerprint density at radius 3 is 2.78 bits per heavy atom. The van der Waals surface area contributed by atoms with E-state index in [0.717, 1.165) is 30.1 Å². The van der Waals surface area contributed by atoms with E-state index in [-0.39, 0.29) is 0 Å². The van der Waals surface area contributed by atoms with Crippen molar-refractivity contribution in [2.45, 2.75) is 44.8 Å². The number of halogens is 1. The number of nitrogens with one attached hydrogen (secondary N) is 1. The van der Waals surface area contributed by atoms with Gasteiger partial charge in [0.1, 0.15) is 0 Å². The molecular formula is C15H22BrNO. The van der Waals surface area contributed by atoms with Crippen LogP contribution in [0.15, 0.2) is 28.7 Å². The maximum absolute atomic E-state index is 5.70. The van der Waals surface area contributed by atoms with E-state index in [9.17, 15) is 0 Å². The standard InChI is InChI=1S/C15H22BrNO/c16-15-9-4-1-6-13(15)12-18-11-5-10-17-14-7-2-3-8-14/h1,4,6,9,14,17H,2-3,5,7-8,10-12H2. The van der Waals surface area contributed by atoms with Crippen LogP contribution < -0.4 is 5.32 Å². The molecule has 100 valence electrons. The normalized spacial score (nSPS) is 16.3. The molecule has 1 aromatic carbocycles. The first-order valence-electron chi connectivity index (χ1n) is 6.91. The topological polar surface area (TPSA) is 21.3 Å². The molecule has 0 atom stereocenters. The average Bonchev–Trinajstić information content (AvgIpc) is 2.89. The van der Waals surface area contributed by atoms with Gasteiger partial charge in [-0.2, -0.15) is 0 Å². The second kappa shape index (κ2) is 7.93. The van der Waals surface area contributed by atoms with Crippen molar-refractivity contribution in [3.05, 3.63) is 34.3 Å². The lowest BCUT2D eigenvalue weighted by Gasteiger charge is -2.11. The van der Waals surface area contributed by atoms with E-state index in [0.29, 0.717) is 6.61 Å². The van der Waals surface area contributed by atoms with E-state index in [1.165, 1.54) is 31.2 Å². The Hall–Kier alpha value is -0.380. The highest BCUT2D eigenvalue weighted by molar-refractivity contribution is 9.10. The van der Waals surface area contributed by atoms with Gasteiger partial charge in [0.15, 0.2) is 0 Å². The molecule has 0 spiro atoms. The molecular weight excluding hydrogens is 290 g/mol. The number of benzene rings is 1. The average molecular weight is 312 g/mol. The summed E-state index contributed by atoms with van der Waals surface area (Å²) in [7, 11) is 0. The Morgan fingerprint density at radius 2 is 2.00 bits per heavy atom. The zero-order chi connectivity index (χ0) is 12.6. The van der Waals surface area contributed by atoms with Gasteiger partial charge in [-0.05, 0) is 37.4 Å². The van der Waals surface area contributed by atoms with Crippen LogP contribution in [0.5, 0.6) is 0 Å². The first kappa shape index (κ1) is 14.0. The van der Waals surface area contributed by atoms with Crippen LogP contribution in [0, 0.1) is 0 Å². The van der Waals surface area contributed by atoms with Crippen molar-refractivity contribution in [1.82, 2.24) is 5.32 Å². The second-order valence-electron chi connectivity index (χ2n) is 4.93. The number of ether oxygens (including phenoxy) is 1. The third kappa shape index (κ3) is 4.71. The van der Waals surface area contributed by atoms with E-state index in [1.807, 2.05) is 12.1 Å². The molecule has 0 heterocycles. The van der Waals surface area contributed by atoms with Gasteiger partial charge in [0.05, 0.1) is 6.61 Å². The van der Waals surface area contributed by atoms with Gasteiger partial charge in [0, 0.05) is 17.1 Å². The molecule has 2 rings (SSSR count). The molecule has 0 aliphatic heterocycles. The van der Waals surface area contributed by atoms with Gasteiger partial charge >= 0.3 is 0 Å². The summed E-state index contributed by atoms with van der Waals surface area (Å²) < 4.78 is 6.83. The smallest absolute Gasteiger partial charge is 0.0727 e. The quantitative estimate of drug-likeness (QED) is 0.771. The van der Waals surface area contributed by atoms with Crippen LogP contribution in [0.1, 0.15) is 37.7 Å². The summed E-state index contributed by atoms with van der Waals surface area (Å²) >= 11 is 3.53. The largest absolute Gasteiger partial charge is 0.377 e. The fourth-order valence-electron chi connectivity index (χ4n) is 2.41. The molecule has 1 aromatic rings. The van der Waals surface area contributed by atoms with E-state index in [4.69, 9.17) is 4.74 Å². The highest BCUT2D eigenvalue weighted by Gasteiger charge is 2.12. The molecule has 1 saturated carbocycles. The van der Waals surface area contributed by atoms with Crippen LogP contribution in [0.4, 0.5) is 0 Å². The van der Waals surface area contributed by atoms with Crippen molar-refractivity contribution in [1.29, 1.82) is 0 Å². The molecule has 1 aliphatic carbocycles. The third-order valence-electron chi connectivity index (χ3n) is 3.47. The highest BCUT2D eigenvalue weighted by atomic mass is 79.9. The van der Waals surface area contributed by atoms with Gasteiger partial charge in [-0.3, -0.25) is 0 Å². The van der Waals surface area contributed by atoms with Crippen molar-refractivity contribution >= 4 is 15.9 Å². The molecule has 0 aromatic heterocycles. The monoisotopic (exact) mass is 311 g/mol. The molecule has 0 amide bonds. The van der Waals surface area contributed by atoms with Gasteiger partial charge in [0.25, 0.3) is 0 Å². The first-order valence-corrected chi connectivity index (χ1v) is 7.70. The molecule has 1 aliphatic rings. The molecule has 1 N–H and O–H groups in total. The lowest BCUT2D eigenvalue weighted by Crippen LogP contribution is -2.27. The summed E-state index contributed by atoms with van der Waals surface area (Å²) in [6, 6.07) is 9.00. The summed E-state index contributed by atoms with van der Waals surface area (Å²) in [4.78, 5) is 0. The summed E-state index contributed by atoms with van der Waals surface area (Å²) in [5.41, 5.74) is 1.22. The predicted molar refractivity (Wildman–Crippen MR) is 78.7 cm³/mol. The minimum Gasteiger partial charge on any atom is -0.377 e. The Bertz CT molecular complexity index is 350. The first-order chi connectivity index (χ1) is 8.86. The minimum absolute atomic E-state index is 0.699. The lowest BCUT2D eigenvalue weighted by molar-refractivity contribution is 0.117. The van der Waals surface area contributed by atoms with E-state index < -0.39 is 0 Å². The van der Waals surface area contributed by atoms with Gasteiger partial charge < -0.3 is 10.1 Å². The summed E-state index contributed by atoms with van der Waals surface area (Å²) in [5, 5.41) is 3.60. The Labute approximate surface area is 118 Å². The fraction of sp³-hybridized carbons (Fsp3) is 0.600. The molecule has 1 fully saturated rings. The van der Waals surface area contributed by atoms with Crippen LogP contribution >= 0.6 is 15.9 Å². The summed E-state index contributed by atoms with van der Waals surface area (Å²) in [5.74, 6) is 0. The summed E-state index contributed by atoms with van der Waals surface area (Å²) in [6.07, 6.45) is 6.61. The summed E-state index contributed by atoms with van der Waals surface area (Å²) in [6.45, 7) is 2.62. The lowest BCUT2D eigenvalue weighted by atomic mass is 10.2. The number of rotatable bonds is 7. The number of hydrogen-bond donors (Lipinski definition) is 1. The van der Waals surface area contributed by atoms with Crippen molar-refractivity contribution in [2.75, 3.05) is 13.2 Å². The third-order valence-corrected chi connectivity index (χ3v) is 4.24. The zero-order valence-corrected chi connectivity index (χ0v) is 12.4. The van der Waals surface area contributed by atoms with Gasteiger partial charge in [0.2, 0.25) is 0 Å². The maximum atomic E-state index is 5.70. The van der Waals surface area contributed by atoms with E-state index >= 15 is 0 Å². The minimum atomic E-state index is 0.699. The number of hydrogen-bond acceptors (Lipinski definition) is 2. The van der Waals surface area contributed by atoms with Gasteiger partial charge in [-0.1, -0.05) is 47.0 Å². The van der Waals surface area contributed by atoms with E-state index in [1.54, 1.807) is 0 Å². The van der Waals surface area contributed by atoms with Crippen LogP contribution in [-0.4, -0.2) is 19.2 Å². The molecule has 0 saturated heterocycles. The Balaban J connectivity index is 1.52. The van der Waals surface area contributed by atoms with Crippen molar-refractivity contribution in [2.24, 2.45) is 0 Å².